The minimum absolute atomic E-state index is 0.0104. The van der Waals surface area contributed by atoms with Gasteiger partial charge in [-0.2, -0.15) is 5.10 Å². The molecule has 6 heteroatoms. The highest BCUT2D eigenvalue weighted by molar-refractivity contribution is 5.96. The predicted molar refractivity (Wildman–Crippen MR) is 112 cm³/mol. The fraction of sp³-hybridized carbons (Fsp3) is 0.409. The van der Waals surface area contributed by atoms with Crippen molar-refractivity contribution in [2.45, 2.75) is 59.9 Å². The number of rotatable bonds is 5. The van der Waals surface area contributed by atoms with Crippen LogP contribution in [0.1, 0.15) is 67.2 Å². The number of aromatic nitrogens is 3. The van der Waals surface area contributed by atoms with Gasteiger partial charge in [-0.05, 0) is 55.9 Å². The molecule has 0 radical (unpaired) electrons. The van der Waals surface area contributed by atoms with Gasteiger partial charge in [-0.15, -0.1) is 0 Å². The second-order valence-corrected chi connectivity index (χ2v) is 7.79. The number of hydrogen-bond acceptors (Lipinski definition) is 3. The van der Waals surface area contributed by atoms with Crippen LogP contribution in [-0.2, 0) is 0 Å². The zero-order valence-corrected chi connectivity index (χ0v) is 17.4. The van der Waals surface area contributed by atoms with Gasteiger partial charge in [0, 0.05) is 11.6 Å². The normalized spacial score (nSPS) is 12.5. The first-order valence-corrected chi connectivity index (χ1v) is 9.77. The highest BCUT2D eigenvalue weighted by Crippen LogP contribution is 2.25. The number of aryl methyl sites for hydroxylation is 2. The van der Waals surface area contributed by atoms with Crippen molar-refractivity contribution in [3.05, 3.63) is 57.1 Å². The molecule has 1 atom stereocenters. The van der Waals surface area contributed by atoms with Crippen molar-refractivity contribution >= 4 is 11.4 Å². The summed E-state index contributed by atoms with van der Waals surface area (Å²) in [5, 5.41) is 7.45. The Morgan fingerprint density at radius 3 is 2.54 bits per heavy atom. The molecule has 0 saturated heterocycles. The second kappa shape index (κ2) is 7.62. The Morgan fingerprint density at radius 2 is 1.93 bits per heavy atom. The topological polar surface area (TPSA) is 79.3 Å². The quantitative estimate of drug-likeness (QED) is 0.703. The molecule has 2 N–H and O–H groups in total. The van der Waals surface area contributed by atoms with Gasteiger partial charge in [-0.1, -0.05) is 32.9 Å². The second-order valence-electron chi connectivity index (χ2n) is 7.79. The molecule has 2 aromatic heterocycles. The Kier molecular flexibility index (Phi) is 5.40. The first-order valence-electron chi connectivity index (χ1n) is 9.77. The van der Waals surface area contributed by atoms with E-state index >= 15 is 0 Å². The van der Waals surface area contributed by atoms with Crippen molar-refractivity contribution in [2.75, 3.05) is 0 Å². The van der Waals surface area contributed by atoms with E-state index in [2.05, 4.69) is 22.3 Å². The Hall–Kier alpha value is -2.89. The van der Waals surface area contributed by atoms with Gasteiger partial charge < -0.3 is 10.3 Å². The summed E-state index contributed by atoms with van der Waals surface area (Å²) in [7, 11) is 0. The molecule has 28 heavy (non-hydrogen) atoms. The molecule has 1 aromatic carbocycles. The van der Waals surface area contributed by atoms with Gasteiger partial charge in [0.1, 0.15) is 5.52 Å². The summed E-state index contributed by atoms with van der Waals surface area (Å²) >= 11 is 0. The van der Waals surface area contributed by atoms with Crippen LogP contribution in [0.25, 0.3) is 16.8 Å². The van der Waals surface area contributed by atoms with Gasteiger partial charge in [-0.3, -0.25) is 9.59 Å². The van der Waals surface area contributed by atoms with E-state index in [4.69, 9.17) is 0 Å². The van der Waals surface area contributed by atoms with Crippen molar-refractivity contribution in [3.63, 3.8) is 0 Å². The minimum Gasteiger partial charge on any atom is -0.348 e. The number of amides is 1. The molecule has 6 nitrogen and oxygen atoms in total. The number of benzene rings is 1. The fourth-order valence-corrected chi connectivity index (χ4v) is 3.27. The standard InChI is InChI=1S/C22H28N4O2/c1-7-15(6)23-21(27)19-18(12(2)3)20-22(28)24-17(11-26(20)25-19)16-9-8-13(4)14(5)10-16/h8-12,15H,7H2,1-6H3,(H,23,27)(H,24,28)/t15-/m1/s1. The fourth-order valence-electron chi connectivity index (χ4n) is 3.27. The third-order valence-corrected chi connectivity index (χ3v) is 5.26. The maximum atomic E-state index is 12.9. The molecule has 0 spiro atoms. The number of fused-ring (bicyclic) bond motifs is 1. The molecule has 0 fully saturated rings. The summed E-state index contributed by atoms with van der Waals surface area (Å²) in [4.78, 5) is 28.6. The molecule has 0 aliphatic rings. The van der Waals surface area contributed by atoms with Gasteiger partial charge in [0.05, 0.1) is 11.9 Å². The molecule has 1 amide bonds. The van der Waals surface area contributed by atoms with Gasteiger partial charge in [0.2, 0.25) is 0 Å². The summed E-state index contributed by atoms with van der Waals surface area (Å²) in [6.45, 7) is 12.0. The first-order chi connectivity index (χ1) is 13.2. The van der Waals surface area contributed by atoms with Crippen molar-refractivity contribution in [1.29, 1.82) is 0 Å². The molecule has 0 saturated carbocycles. The van der Waals surface area contributed by atoms with Crippen LogP contribution < -0.4 is 10.9 Å². The molecule has 148 valence electrons. The minimum atomic E-state index is -0.242. The van der Waals surface area contributed by atoms with Crippen LogP contribution in [0, 0.1) is 13.8 Å². The zero-order valence-electron chi connectivity index (χ0n) is 17.4. The molecular formula is C22H28N4O2. The maximum absolute atomic E-state index is 12.9. The van der Waals surface area contributed by atoms with E-state index in [1.165, 1.54) is 5.56 Å². The SMILES string of the molecule is CC[C@@H](C)NC(=O)c1nn2cc(-c3ccc(C)c(C)c3)[nH]c(=O)c2c1C(C)C. The van der Waals surface area contributed by atoms with Crippen LogP contribution in [0.15, 0.2) is 29.2 Å². The monoisotopic (exact) mass is 380 g/mol. The molecule has 3 aromatic rings. The van der Waals surface area contributed by atoms with Crippen molar-refractivity contribution < 1.29 is 4.79 Å². The largest absolute Gasteiger partial charge is 0.348 e. The molecule has 3 rings (SSSR count). The van der Waals surface area contributed by atoms with E-state index in [9.17, 15) is 9.59 Å². The van der Waals surface area contributed by atoms with Gasteiger partial charge in [0.15, 0.2) is 5.69 Å². The first kappa shape index (κ1) is 19.9. The van der Waals surface area contributed by atoms with E-state index < -0.39 is 0 Å². The van der Waals surface area contributed by atoms with E-state index in [0.29, 0.717) is 22.5 Å². The predicted octanol–water partition coefficient (Wildman–Crippen LogP) is 3.96. The third kappa shape index (κ3) is 3.59. The smallest absolute Gasteiger partial charge is 0.274 e. The molecule has 0 bridgehead atoms. The lowest BCUT2D eigenvalue weighted by atomic mass is 10.0. The lowest BCUT2D eigenvalue weighted by Gasteiger charge is -2.11. The lowest BCUT2D eigenvalue weighted by molar-refractivity contribution is 0.0932. The van der Waals surface area contributed by atoms with Gasteiger partial charge in [-0.25, -0.2) is 4.52 Å². The molecule has 2 heterocycles. The summed E-state index contributed by atoms with van der Waals surface area (Å²) in [5.74, 6) is -0.252. The van der Waals surface area contributed by atoms with Crippen LogP contribution >= 0.6 is 0 Å². The van der Waals surface area contributed by atoms with Crippen LogP contribution in [0.3, 0.4) is 0 Å². The highest BCUT2D eigenvalue weighted by atomic mass is 16.2. The van der Waals surface area contributed by atoms with Gasteiger partial charge in [0.25, 0.3) is 11.5 Å². The van der Waals surface area contributed by atoms with Crippen LogP contribution in [0.5, 0.6) is 0 Å². The van der Waals surface area contributed by atoms with Crippen LogP contribution in [0.4, 0.5) is 0 Å². The zero-order chi connectivity index (χ0) is 20.6. The van der Waals surface area contributed by atoms with Gasteiger partial charge >= 0.3 is 0 Å². The van der Waals surface area contributed by atoms with Crippen LogP contribution in [0.2, 0.25) is 0 Å². The molecule has 0 aliphatic heterocycles. The average molecular weight is 380 g/mol. The number of nitrogens with one attached hydrogen (secondary N) is 2. The summed E-state index contributed by atoms with van der Waals surface area (Å²) in [5.41, 5.74) is 5.10. The van der Waals surface area contributed by atoms with Crippen molar-refractivity contribution in [3.8, 4) is 11.3 Å². The highest BCUT2D eigenvalue weighted by Gasteiger charge is 2.24. The Labute approximate surface area is 165 Å². The average Bonchev–Trinajstić information content (AvgIpc) is 3.04. The van der Waals surface area contributed by atoms with E-state index in [1.54, 1.807) is 10.7 Å². The summed E-state index contributed by atoms with van der Waals surface area (Å²) < 4.78 is 1.55. The Bertz CT molecular complexity index is 1090. The van der Waals surface area contributed by atoms with E-state index in [1.807, 2.05) is 52.8 Å². The number of nitrogens with zero attached hydrogens (tertiary/aromatic N) is 2. The number of carbonyl (C=O) groups is 1. The molecule has 0 aliphatic carbocycles. The van der Waals surface area contributed by atoms with E-state index in [-0.39, 0.29) is 23.4 Å². The van der Waals surface area contributed by atoms with E-state index in [0.717, 1.165) is 17.5 Å². The molecule has 0 unspecified atom stereocenters. The molecular weight excluding hydrogens is 352 g/mol. The summed E-state index contributed by atoms with van der Waals surface area (Å²) in [6.07, 6.45) is 2.61. The number of carbonyl (C=O) groups excluding carboxylic acids is 1. The maximum Gasteiger partial charge on any atom is 0.274 e. The third-order valence-electron chi connectivity index (χ3n) is 5.26. The van der Waals surface area contributed by atoms with Crippen molar-refractivity contribution in [1.82, 2.24) is 19.9 Å². The van der Waals surface area contributed by atoms with Crippen LogP contribution in [-0.4, -0.2) is 26.5 Å². The van der Waals surface area contributed by atoms with Crippen molar-refractivity contribution in [2.24, 2.45) is 0 Å². The lowest BCUT2D eigenvalue weighted by Crippen LogP contribution is -2.33. The Morgan fingerprint density at radius 1 is 1.21 bits per heavy atom. The number of hydrogen-bond donors (Lipinski definition) is 2. The number of aromatic amines is 1. The Balaban J connectivity index is 2.18. The summed E-state index contributed by atoms with van der Waals surface area (Å²) in [6, 6.07) is 6.08. The number of H-pyrrole nitrogens is 1.